The molecule has 1 rings (SSSR count). The molecule has 0 heterocycles. The highest BCUT2D eigenvalue weighted by atomic mass is 35.5. The summed E-state index contributed by atoms with van der Waals surface area (Å²) in [6.07, 6.45) is 1.06. The molecule has 1 aromatic carbocycles. The van der Waals surface area contributed by atoms with E-state index >= 15 is 0 Å². The second-order valence-electron chi connectivity index (χ2n) is 5.51. The van der Waals surface area contributed by atoms with Crippen molar-refractivity contribution in [3.05, 3.63) is 34.9 Å². The Labute approximate surface area is 121 Å². The minimum absolute atomic E-state index is 0.327. The Balaban J connectivity index is 2.54. The van der Waals surface area contributed by atoms with Crippen LogP contribution in [0.3, 0.4) is 0 Å². The zero-order valence-electron chi connectivity index (χ0n) is 11.8. The van der Waals surface area contributed by atoms with E-state index in [4.69, 9.17) is 11.6 Å². The van der Waals surface area contributed by atoms with Gasteiger partial charge >= 0.3 is 0 Å². The van der Waals surface area contributed by atoms with Gasteiger partial charge in [0.05, 0.1) is 0 Å². The summed E-state index contributed by atoms with van der Waals surface area (Å²) in [5, 5.41) is 4.37. The second-order valence-corrected chi connectivity index (χ2v) is 7.79. The molecule has 1 atom stereocenters. The van der Waals surface area contributed by atoms with Crippen LogP contribution >= 0.6 is 23.4 Å². The molecule has 0 aliphatic carbocycles. The van der Waals surface area contributed by atoms with Crippen LogP contribution < -0.4 is 5.32 Å². The van der Waals surface area contributed by atoms with E-state index in [1.165, 1.54) is 5.56 Å². The maximum absolute atomic E-state index is 5.91. The van der Waals surface area contributed by atoms with Crippen molar-refractivity contribution in [3.8, 4) is 0 Å². The second kappa shape index (κ2) is 7.42. The SMILES string of the molecule is CCNC(CSC(C)(C)C)Cc1ccc(Cl)cc1. The normalized spacial score (nSPS) is 13.6. The van der Waals surface area contributed by atoms with Gasteiger partial charge in [-0.15, -0.1) is 0 Å². The van der Waals surface area contributed by atoms with Crippen LogP contribution in [0.25, 0.3) is 0 Å². The van der Waals surface area contributed by atoms with E-state index in [0.29, 0.717) is 10.8 Å². The number of likely N-dealkylation sites (N-methyl/N-ethyl adjacent to an activating group) is 1. The molecule has 3 heteroatoms. The quantitative estimate of drug-likeness (QED) is 0.832. The minimum Gasteiger partial charge on any atom is -0.313 e. The molecule has 0 aliphatic rings. The Morgan fingerprint density at radius 1 is 1.22 bits per heavy atom. The van der Waals surface area contributed by atoms with Crippen LogP contribution in [0.5, 0.6) is 0 Å². The largest absolute Gasteiger partial charge is 0.313 e. The summed E-state index contributed by atoms with van der Waals surface area (Å²) < 4.78 is 0.327. The van der Waals surface area contributed by atoms with Gasteiger partial charge in [-0.2, -0.15) is 11.8 Å². The first-order valence-corrected chi connectivity index (χ1v) is 7.89. The number of hydrogen-bond donors (Lipinski definition) is 1. The Morgan fingerprint density at radius 2 is 1.83 bits per heavy atom. The molecule has 0 saturated carbocycles. The monoisotopic (exact) mass is 285 g/mol. The molecular formula is C15H24ClNS. The smallest absolute Gasteiger partial charge is 0.0406 e. The highest BCUT2D eigenvalue weighted by Crippen LogP contribution is 2.24. The summed E-state index contributed by atoms with van der Waals surface area (Å²) in [6, 6.07) is 8.71. The van der Waals surface area contributed by atoms with Gasteiger partial charge in [0.25, 0.3) is 0 Å². The molecule has 0 aliphatic heterocycles. The van der Waals surface area contributed by atoms with Gasteiger partial charge < -0.3 is 5.32 Å². The minimum atomic E-state index is 0.327. The third-order valence-electron chi connectivity index (χ3n) is 2.61. The molecule has 1 unspecified atom stereocenters. The molecule has 18 heavy (non-hydrogen) atoms. The van der Waals surface area contributed by atoms with E-state index in [9.17, 15) is 0 Å². The van der Waals surface area contributed by atoms with Crippen molar-refractivity contribution in [1.82, 2.24) is 5.32 Å². The third-order valence-corrected chi connectivity index (χ3v) is 4.29. The fraction of sp³-hybridized carbons (Fsp3) is 0.600. The van der Waals surface area contributed by atoms with Gasteiger partial charge in [0.15, 0.2) is 0 Å². The van der Waals surface area contributed by atoms with Gasteiger partial charge in [0.2, 0.25) is 0 Å². The molecule has 1 nitrogen and oxygen atoms in total. The van der Waals surface area contributed by atoms with Gasteiger partial charge in [-0.05, 0) is 30.7 Å². The Morgan fingerprint density at radius 3 is 2.33 bits per heavy atom. The van der Waals surface area contributed by atoms with Gasteiger partial charge in [0.1, 0.15) is 0 Å². The average Bonchev–Trinajstić information content (AvgIpc) is 2.28. The summed E-state index contributed by atoms with van der Waals surface area (Å²) in [5.74, 6) is 1.14. The number of hydrogen-bond acceptors (Lipinski definition) is 2. The lowest BCUT2D eigenvalue weighted by Crippen LogP contribution is -2.34. The summed E-state index contributed by atoms with van der Waals surface area (Å²) in [5.41, 5.74) is 1.35. The van der Waals surface area contributed by atoms with Gasteiger partial charge in [-0.3, -0.25) is 0 Å². The lowest BCUT2D eigenvalue weighted by molar-refractivity contribution is 0.570. The molecule has 102 valence electrons. The summed E-state index contributed by atoms with van der Waals surface area (Å²) in [7, 11) is 0. The van der Waals surface area contributed by atoms with E-state index in [1.807, 2.05) is 23.9 Å². The van der Waals surface area contributed by atoms with Crippen molar-refractivity contribution < 1.29 is 0 Å². The predicted octanol–water partition coefficient (Wildman–Crippen LogP) is 4.39. The van der Waals surface area contributed by atoms with Crippen molar-refractivity contribution in [2.45, 2.75) is 44.9 Å². The third kappa shape index (κ3) is 6.67. The fourth-order valence-electron chi connectivity index (χ4n) is 1.73. The van der Waals surface area contributed by atoms with Crippen LogP contribution in [-0.4, -0.2) is 23.1 Å². The average molecular weight is 286 g/mol. The van der Waals surface area contributed by atoms with Gasteiger partial charge in [-0.1, -0.05) is 51.4 Å². The number of rotatable bonds is 6. The Kier molecular flexibility index (Phi) is 6.54. The lowest BCUT2D eigenvalue weighted by Gasteiger charge is -2.23. The predicted molar refractivity (Wildman–Crippen MR) is 84.8 cm³/mol. The molecule has 0 bridgehead atoms. The van der Waals surface area contributed by atoms with Gasteiger partial charge in [0, 0.05) is 21.6 Å². The summed E-state index contributed by atoms with van der Waals surface area (Å²) in [6.45, 7) is 9.98. The first-order valence-electron chi connectivity index (χ1n) is 6.52. The number of thioether (sulfide) groups is 1. The van der Waals surface area contributed by atoms with Crippen molar-refractivity contribution >= 4 is 23.4 Å². The van der Waals surface area contributed by atoms with E-state index in [1.54, 1.807) is 0 Å². The Hall–Kier alpha value is -0.180. The first-order chi connectivity index (χ1) is 8.40. The maximum Gasteiger partial charge on any atom is 0.0406 e. The molecule has 1 aromatic rings. The zero-order valence-corrected chi connectivity index (χ0v) is 13.4. The van der Waals surface area contributed by atoms with E-state index in [2.05, 4.69) is 45.1 Å². The summed E-state index contributed by atoms with van der Waals surface area (Å²) >= 11 is 7.93. The molecule has 1 N–H and O–H groups in total. The zero-order chi connectivity index (χ0) is 13.6. The van der Waals surface area contributed by atoms with Crippen molar-refractivity contribution in [3.63, 3.8) is 0 Å². The fourth-order valence-corrected chi connectivity index (χ4v) is 2.80. The van der Waals surface area contributed by atoms with Crippen LogP contribution in [0.4, 0.5) is 0 Å². The van der Waals surface area contributed by atoms with Crippen molar-refractivity contribution in [2.75, 3.05) is 12.3 Å². The number of halogens is 1. The van der Waals surface area contributed by atoms with Crippen LogP contribution in [0.15, 0.2) is 24.3 Å². The molecule has 0 amide bonds. The first kappa shape index (κ1) is 15.9. The Bertz CT molecular complexity index is 343. The lowest BCUT2D eigenvalue weighted by atomic mass is 10.1. The highest BCUT2D eigenvalue weighted by Gasteiger charge is 2.15. The molecule has 0 radical (unpaired) electrons. The molecule has 0 saturated heterocycles. The maximum atomic E-state index is 5.91. The standard InChI is InChI=1S/C15H24ClNS/c1-5-17-14(11-18-15(2,3)4)10-12-6-8-13(16)9-7-12/h6-9,14,17H,5,10-11H2,1-4H3. The van der Waals surface area contributed by atoms with E-state index < -0.39 is 0 Å². The topological polar surface area (TPSA) is 12.0 Å². The van der Waals surface area contributed by atoms with Gasteiger partial charge in [-0.25, -0.2) is 0 Å². The molecular weight excluding hydrogens is 262 g/mol. The summed E-state index contributed by atoms with van der Waals surface area (Å²) in [4.78, 5) is 0. The van der Waals surface area contributed by atoms with Crippen molar-refractivity contribution in [2.24, 2.45) is 0 Å². The van der Waals surface area contributed by atoms with E-state index in [-0.39, 0.29) is 0 Å². The van der Waals surface area contributed by atoms with Crippen LogP contribution in [0, 0.1) is 0 Å². The molecule has 0 aromatic heterocycles. The van der Waals surface area contributed by atoms with Crippen molar-refractivity contribution in [1.29, 1.82) is 0 Å². The van der Waals surface area contributed by atoms with E-state index in [0.717, 1.165) is 23.7 Å². The van der Waals surface area contributed by atoms with Crippen LogP contribution in [0.2, 0.25) is 5.02 Å². The highest BCUT2D eigenvalue weighted by molar-refractivity contribution is 8.00. The van der Waals surface area contributed by atoms with Crippen LogP contribution in [0.1, 0.15) is 33.3 Å². The number of nitrogens with one attached hydrogen (secondary N) is 1. The van der Waals surface area contributed by atoms with Crippen LogP contribution in [-0.2, 0) is 6.42 Å². The molecule has 0 fully saturated rings. The molecule has 0 spiro atoms. The number of benzene rings is 1.